The second kappa shape index (κ2) is 11.0. The molecule has 0 saturated carbocycles. The fraction of sp³-hybridized carbons (Fsp3) is 0.941. The molecule has 2 fully saturated rings. The molecule has 146 valence electrons. The molecular formula is C17H35N5O2S. The Bertz CT molecular complexity index is 487. The number of nitrogens with one attached hydrogen (secondary N) is 2. The van der Waals surface area contributed by atoms with Crippen LogP contribution in [0.3, 0.4) is 0 Å². The van der Waals surface area contributed by atoms with Gasteiger partial charge in [-0.25, -0.2) is 8.42 Å². The monoisotopic (exact) mass is 373 g/mol. The number of rotatable bonds is 7. The predicted octanol–water partition coefficient (Wildman–Crippen LogP) is 0.148. The first-order valence-corrected chi connectivity index (χ1v) is 11.5. The molecule has 25 heavy (non-hydrogen) atoms. The van der Waals surface area contributed by atoms with Gasteiger partial charge >= 0.3 is 0 Å². The summed E-state index contributed by atoms with van der Waals surface area (Å²) in [7, 11) is -1.00. The Morgan fingerprint density at radius 2 is 1.48 bits per heavy atom. The third-order valence-corrected chi connectivity index (χ3v) is 6.63. The molecule has 0 aliphatic carbocycles. The van der Waals surface area contributed by atoms with Crippen LogP contribution in [0.25, 0.3) is 0 Å². The fourth-order valence-corrected chi connectivity index (χ4v) is 4.67. The zero-order chi connectivity index (χ0) is 18.0. The molecule has 0 unspecified atom stereocenters. The van der Waals surface area contributed by atoms with Crippen molar-refractivity contribution in [1.82, 2.24) is 20.4 Å². The molecule has 2 aliphatic heterocycles. The molecule has 0 radical (unpaired) electrons. The highest BCUT2D eigenvalue weighted by Crippen LogP contribution is 2.09. The smallest absolute Gasteiger partial charge is 0.191 e. The molecule has 0 aromatic rings. The lowest BCUT2D eigenvalue weighted by Crippen LogP contribution is -2.46. The molecule has 2 saturated heterocycles. The van der Waals surface area contributed by atoms with Crippen molar-refractivity contribution in [3.05, 3.63) is 0 Å². The highest BCUT2D eigenvalue weighted by Gasteiger charge is 2.20. The molecule has 0 aromatic heterocycles. The summed E-state index contributed by atoms with van der Waals surface area (Å²) in [5.74, 6) is 1.41. The molecule has 2 aliphatic rings. The van der Waals surface area contributed by atoms with E-state index in [1.54, 1.807) is 7.05 Å². The second-order valence-corrected chi connectivity index (χ2v) is 9.33. The summed E-state index contributed by atoms with van der Waals surface area (Å²) in [6.45, 7) is 7.51. The van der Waals surface area contributed by atoms with Crippen LogP contribution in [0.5, 0.6) is 0 Å². The number of hydrogen-bond acceptors (Lipinski definition) is 5. The van der Waals surface area contributed by atoms with Crippen molar-refractivity contribution in [3.8, 4) is 0 Å². The van der Waals surface area contributed by atoms with Crippen LogP contribution < -0.4 is 10.6 Å². The van der Waals surface area contributed by atoms with Crippen molar-refractivity contribution in [2.45, 2.75) is 32.1 Å². The van der Waals surface area contributed by atoms with Gasteiger partial charge in [-0.2, -0.15) is 0 Å². The van der Waals surface area contributed by atoms with Crippen molar-refractivity contribution in [2.75, 3.05) is 70.9 Å². The number of aliphatic imine (C=N–C) groups is 1. The van der Waals surface area contributed by atoms with E-state index in [1.165, 1.54) is 38.8 Å². The van der Waals surface area contributed by atoms with Crippen LogP contribution in [0.1, 0.15) is 32.1 Å². The number of guanidine groups is 1. The molecule has 2 rings (SSSR count). The summed E-state index contributed by atoms with van der Waals surface area (Å²) in [5.41, 5.74) is 0. The molecule has 0 aromatic carbocycles. The van der Waals surface area contributed by atoms with Crippen molar-refractivity contribution < 1.29 is 8.42 Å². The average molecular weight is 374 g/mol. The van der Waals surface area contributed by atoms with Gasteiger partial charge in [-0.15, -0.1) is 0 Å². The van der Waals surface area contributed by atoms with Gasteiger partial charge in [0.2, 0.25) is 0 Å². The minimum Gasteiger partial charge on any atom is -0.356 e. The maximum Gasteiger partial charge on any atom is 0.191 e. The molecular weight excluding hydrogens is 338 g/mol. The summed E-state index contributed by atoms with van der Waals surface area (Å²) < 4.78 is 22.9. The van der Waals surface area contributed by atoms with Gasteiger partial charge in [-0.3, -0.25) is 9.89 Å². The van der Waals surface area contributed by atoms with Crippen LogP contribution in [-0.4, -0.2) is 95.1 Å². The Hall–Kier alpha value is -0.860. The van der Waals surface area contributed by atoms with E-state index in [0.29, 0.717) is 13.1 Å². The molecule has 2 N–H and O–H groups in total. The largest absolute Gasteiger partial charge is 0.356 e. The van der Waals surface area contributed by atoms with Crippen molar-refractivity contribution in [1.29, 1.82) is 0 Å². The minimum absolute atomic E-state index is 0.288. The average Bonchev–Trinajstić information content (AvgIpc) is 2.87. The Kier molecular flexibility index (Phi) is 8.98. The quantitative estimate of drug-likeness (QED) is 0.376. The summed E-state index contributed by atoms with van der Waals surface area (Å²) in [6.07, 6.45) is 6.58. The van der Waals surface area contributed by atoms with Gasteiger partial charge in [0.1, 0.15) is 0 Å². The summed E-state index contributed by atoms with van der Waals surface area (Å²) >= 11 is 0. The Morgan fingerprint density at radius 3 is 2.12 bits per heavy atom. The summed E-state index contributed by atoms with van der Waals surface area (Å²) in [5, 5.41) is 6.69. The molecule has 0 amide bonds. The third kappa shape index (κ3) is 8.37. The lowest BCUT2D eigenvalue weighted by molar-refractivity contribution is 0.281. The highest BCUT2D eigenvalue weighted by molar-refractivity contribution is 7.91. The number of hydrogen-bond donors (Lipinski definition) is 2. The van der Waals surface area contributed by atoms with Crippen molar-refractivity contribution in [3.63, 3.8) is 0 Å². The van der Waals surface area contributed by atoms with Crippen molar-refractivity contribution >= 4 is 15.8 Å². The van der Waals surface area contributed by atoms with Gasteiger partial charge in [-0.1, -0.05) is 12.8 Å². The Labute approximate surface area is 153 Å². The molecule has 0 bridgehead atoms. The summed E-state index contributed by atoms with van der Waals surface area (Å²) in [6, 6.07) is 0. The molecule has 0 atom stereocenters. The van der Waals surface area contributed by atoms with Crippen LogP contribution in [0.15, 0.2) is 4.99 Å². The van der Waals surface area contributed by atoms with Gasteiger partial charge in [0.05, 0.1) is 11.5 Å². The van der Waals surface area contributed by atoms with E-state index in [2.05, 4.69) is 25.4 Å². The second-order valence-electron chi connectivity index (χ2n) is 7.03. The van der Waals surface area contributed by atoms with E-state index in [9.17, 15) is 8.42 Å². The fourth-order valence-electron chi connectivity index (χ4n) is 3.40. The standard InChI is InChI=1S/C17H35N5O2S/c1-18-17(19-7-6-11-21-9-4-2-3-5-10-21)20-8-12-22-13-15-25(23,24)16-14-22/h2-16H2,1H3,(H2,18,19,20). The molecule has 2 heterocycles. The zero-order valence-corrected chi connectivity index (χ0v) is 16.5. The first-order chi connectivity index (χ1) is 12.1. The van der Waals surface area contributed by atoms with E-state index in [-0.39, 0.29) is 11.5 Å². The van der Waals surface area contributed by atoms with Crippen LogP contribution in [0.2, 0.25) is 0 Å². The maximum absolute atomic E-state index is 11.4. The van der Waals surface area contributed by atoms with E-state index >= 15 is 0 Å². The molecule has 0 spiro atoms. The zero-order valence-electron chi connectivity index (χ0n) is 15.7. The molecule has 7 nitrogen and oxygen atoms in total. The highest BCUT2D eigenvalue weighted by atomic mass is 32.2. The lowest BCUT2D eigenvalue weighted by Gasteiger charge is -2.26. The van der Waals surface area contributed by atoms with E-state index in [1.807, 2.05) is 0 Å². The summed E-state index contributed by atoms with van der Waals surface area (Å²) in [4.78, 5) is 9.03. The number of nitrogens with zero attached hydrogens (tertiary/aromatic N) is 3. The van der Waals surface area contributed by atoms with E-state index < -0.39 is 9.84 Å². The predicted molar refractivity (Wildman–Crippen MR) is 104 cm³/mol. The van der Waals surface area contributed by atoms with Gasteiger partial charge in [0.15, 0.2) is 15.8 Å². The normalized spacial score (nSPS) is 23.2. The van der Waals surface area contributed by atoms with Gasteiger partial charge in [0, 0.05) is 39.8 Å². The Morgan fingerprint density at radius 1 is 0.880 bits per heavy atom. The third-order valence-electron chi connectivity index (χ3n) is 5.02. The van der Waals surface area contributed by atoms with Gasteiger partial charge in [-0.05, 0) is 38.9 Å². The van der Waals surface area contributed by atoms with Crippen molar-refractivity contribution in [2.24, 2.45) is 4.99 Å². The van der Waals surface area contributed by atoms with Gasteiger partial charge in [0.25, 0.3) is 0 Å². The Balaban J connectivity index is 1.53. The maximum atomic E-state index is 11.4. The van der Waals surface area contributed by atoms with E-state index in [4.69, 9.17) is 0 Å². The number of likely N-dealkylation sites (tertiary alicyclic amines) is 1. The van der Waals surface area contributed by atoms with E-state index in [0.717, 1.165) is 38.6 Å². The first-order valence-electron chi connectivity index (χ1n) is 9.69. The van der Waals surface area contributed by atoms with Crippen LogP contribution in [-0.2, 0) is 9.84 Å². The first kappa shape index (κ1) is 20.5. The van der Waals surface area contributed by atoms with Crippen LogP contribution in [0.4, 0.5) is 0 Å². The van der Waals surface area contributed by atoms with Crippen LogP contribution in [0, 0.1) is 0 Å². The van der Waals surface area contributed by atoms with Gasteiger partial charge < -0.3 is 15.5 Å². The van der Waals surface area contributed by atoms with Crippen LogP contribution >= 0.6 is 0 Å². The SMILES string of the molecule is CN=C(NCCCN1CCCCCC1)NCCN1CCS(=O)(=O)CC1. The number of sulfone groups is 1. The topological polar surface area (TPSA) is 77.0 Å². The minimum atomic E-state index is -2.79. The lowest BCUT2D eigenvalue weighted by atomic mass is 10.2. The molecule has 8 heteroatoms.